The molecule has 1 aromatic carbocycles. The summed E-state index contributed by atoms with van der Waals surface area (Å²) in [5.74, 6) is 0. The van der Waals surface area contributed by atoms with Gasteiger partial charge < -0.3 is 10.1 Å². The van der Waals surface area contributed by atoms with Crippen molar-refractivity contribution in [2.45, 2.75) is 42.9 Å². The van der Waals surface area contributed by atoms with Gasteiger partial charge in [-0.25, -0.2) is 0 Å². The number of benzene rings is 1. The van der Waals surface area contributed by atoms with Crippen LogP contribution in [0.25, 0.3) is 0 Å². The molecule has 3 nitrogen and oxygen atoms in total. The molecule has 1 aliphatic heterocycles. The van der Waals surface area contributed by atoms with E-state index in [2.05, 4.69) is 12.2 Å². The summed E-state index contributed by atoms with van der Waals surface area (Å²) in [6.45, 7) is 6.50. The van der Waals surface area contributed by atoms with Crippen LogP contribution in [0.15, 0.2) is 29.2 Å². The highest BCUT2D eigenvalue weighted by Gasteiger charge is 2.31. The van der Waals surface area contributed by atoms with Gasteiger partial charge >= 0.3 is 0 Å². The molecule has 0 spiro atoms. The average molecular weight is 281 g/mol. The maximum atomic E-state index is 12.8. The third-order valence-corrected chi connectivity index (χ3v) is 5.45. The van der Waals surface area contributed by atoms with E-state index in [1.165, 1.54) is 0 Å². The van der Waals surface area contributed by atoms with E-state index in [4.69, 9.17) is 4.74 Å². The van der Waals surface area contributed by atoms with Crippen molar-refractivity contribution in [1.29, 1.82) is 0 Å². The molecule has 3 atom stereocenters. The molecule has 0 saturated carbocycles. The molecule has 0 aliphatic carbocycles. The Morgan fingerprint density at radius 2 is 2.21 bits per heavy atom. The summed E-state index contributed by atoms with van der Waals surface area (Å²) in [6, 6.07) is 8.23. The summed E-state index contributed by atoms with van der Waals surface area (Å²) in [6.07, 6.45) is 2.05. The molecule has 0 aromatic heterocycles. The molecular formula is C15H23NO2S. The minimum Gasteiger partial charge on any atom is -0.380 e. The first kappa shape index (κ1) is 14.7. The maximum Gasteiger partial charge on any atom is 0.0782 e. The van der Waals surface area contributed by atoms with Crippen molar-refractivity contribution in [2.24, 2.45) is 0 Å². The van der Waals surface area contributed by atoms with Gasteiger partial charge in [0, 0.05) is 17.5 Å². The number of rotatable bonds is 5. The van der Waals surface area contributed by atoms with Crippen molar-refractivity contribution < 1.29 is 8.95 Å². The molecule has 1 aromatic rings. The van der Waals surface area contributed by atoms with Crippen molar-refractivity contribution in [3.8, 4) is 0 Å². The lowest BCUT2D eigenvalue weighted by Gasteiger charge is -2.32. The Balaban J connectivity index is 2.13. The standard InChI is InChI=1S/C15H23NO2S/c1-3-9-16-13-8-10-18-11-15(13)19(17)14-7-5-4-6-12(14)2/h4-7,13,15-16H,3,8-11H2,1-2H3. The second-order valence-corrected chi connectivity index (χ2v) is 6.67. The van der Waals surface area contributed by atoms with Gasteiger partial charge in [-0.15, -0.1) is 0 Å². The van der Waals surface area contributed by atoms with E-state index < -0.39 is 10.8 Å². The van der Waals surface area contributed by atoms with Crippen LogP contribution in [0.4, 0.5) is 0 Å². The Morgan fingerprint density at radius 3 is 2.95 bits per heavy atom. The predicted molar refractivity (Wildman–Crippen MR) is 78.9 cm³/mol. The van der Waals surface area contributed by atoms with E-state index in [0.29, 0.717) is 12.6 Å². The molecule has 1 saturated heterocycles. The van der Waals surface area contributed by atoms with Gasteiger partial charge in [0.25, 0.3) is 0 Å². The minimum absolute atomic E-state index is 0.0569. The van der Waals surface area contributed by atoms with Crippen LogP contribution >= 0.6 is 0 Å². The number of nitrogens with one attached hydrogen (secondary N) is 1. The van der Waals surface area contributed by atoms with Gasteiger partial charge in [0.1, 0.15) is 0 Å². The zero-order valence-electron chi connectivity index (χ0n) is 11.7. The van der Waals surface area contributed by atoms with Crippen molar-refractivity contribution in [1.82, 2.24) is 5.32 Å². The summed E-state index contributed by atoms with van der Waals surface area (Å²) < 4.78 is 18.3. The highest BCUT2D eigenvalue weighted by atomic mass is 32.2. The number of hydrogen-bond acceptors (Lipinski definition) is 3. The highest BCUT2D eigenvalue weighted by Crippen LogP contribution is 2.22. The van der Waals surface area contributed by atoms with Crippen LogP contribution in [0, 0.1) is 6.92 Å². The van der Waals surface area contributed by atoms with Gasteiger partial charge in [-0.05, 0) is 37.9 Å². The third kappa shape index (κ3) is 3.65. The first-order valence-corrected chi connectivity index (χ1v) is 8.22. The topological polar surface area (TPSA) is 38.3 Å². The second kappa shape index (κ2) is 7.17. The lowest BCUT2D eigenvalue weighted by Crippen LogP contribution is -2.48. The Hall–Kier alpha value is -0.710. The Morgan fingerprint density at radius 1 is 1.42 bits per heavy atom. The molecule has 106 valence electrons. The summed E-state index contributed by atoms with van der Waals surface area (Å²) in [5.41, 5.74) is 1.10. The van der Waals surface area contributed by atoms with Gasteiger partial charge in [0.05, 0.1) is 22.7 Å². The quantitative estimate of drug-likeness (QED) is 0.899. The molecule has 3 unspecified atom stereocenters. The second-order valence-electron chi connectivity index (χ2n) is 5.03. The van der Waals surface area contributed by atoms with Gasteiger partial charge in [0.15, 0.2) is 0 Å². The highest BCUT2D eigenvalue weighted by molar-refractivity contribution is 7.85. The first-order chi connectivity index (χ1) is 9.24. The van der Waals surface area contributed by atoms with Crippen LogP contribution in [0.5, 0.6) is 0 Å². The van der Waals surface area contributed by atoms with Gasteiger partial charge in [-0.3, -0.25) is 4.21 Å². The lowest BCUT2D eigenvalue weighted by molar-refractivity contribution is 0.0820. The van der Waals surface area contributed by atoms with Gasteiger partial charge in [-0.2, -0.15) is 0 Å². The van der Waals surface area contributed by atoms with Crippen molar-refractivity contribution in [2.75, 3.05) is 19.8 Å². The summed E-state index contributed by atoms with van der Waals surface area (Å²) in [5, 5.41) is 3.58. The van der Waals surface area contributed by atoms with Crippen molar-refractivity contribution >= 4 is 10.8 Å². The summed E-state index contributed by atoms with van der Waals surface area (Å²) in [4.78, 5) is 0.946. The molecular weight excluding hydrogens is 258 g/mol. The minimum atomic E-state index is -1.00. The Bertz CT molecular complexity index is 436. The molecule has 2 rings (SSSR count). The van der Waals surface area contributed by atoms with Gasteiger partial charge in [-0.1, -0.05) is 25.1 Å². The normalized spacial score (nSPS) is 25.2. The van der Waals surface area contributed by atoms with Crippen molar-refractivity contribution in [3.63, 3.8) is 0 Å². The zero-order valence-corrected chi connectivity index (χ0v) is 12.5. The molecule has 4 heteroatoms. The van der Waals surface area contributed by atoms with E-state index in [1.807, 2.05) is 31.2 Å². The molecule has 0 amide bonds. The Kier molecular flexibility index (Phi) is 5.55. The number of aryl methyl sites for hydroxylation is 1. The van der Waals surface area contributed by atoms with Crippen LogP contribution in [0.2, 0.25) is 0 Å². The predicted octanol–water partition coefficient (Wildman–Crippen LogP) is 2.26. The van der Waals surface area contributed by atoms with E-state index >= 15 is 0 Å². The van der Waals surface area contributed by atoms with Crippen LogP contribution in [-0.4, -0.2) is 35.3 Å². The number of ether oxygens (including phenoxy) is 1. The fourth-order valence-electron chi connectivity index (χ4n) is 2.43. The molecule has 1 aliphatic rings. The van der Waals surface area contributed by atoms with Crippen LogP contribution in [0.3, 0.4) is 0 Å². The van der Waals surface area contributed by atoms with Crippen LogP contribution in [0.1, 0.15) is 25.3 Å². The van der Waals surface area contributed by atoms with Crippen LogP contribution < -0.4 is 5.32 Å². The molecule has 0 radical (unpaired) electrons. The number of hydrogen-bond donors (Lipinski definition) is 1. The summed E-state index contributed by atoms with van der Waals surface area (Å²) in [7, 11) is -1.00. The molecule has 0 bridgehead atoms. The van der Waals surface area contributed by atoms with Gasteiger partial charge in [0.2, 0.25) is 0 Å². The molecule has 1 heterocycles. The maximum absolute atomic E-state index is 12.8. The fourth-order valence-corrected chi connectivity index (χ4v) is 4.11. The van der Waals surface area contributed by atoms with Crippen LogP contribution in [-0.2, 0) is 15.5 Å². The fraction of sp³-hybridized carbons (Fsp3) is 0.600. The molecule has 1 fully saturated rings. The molecule has 1 N–H and O–H groups in total. The van der Waals surface area contributed by atoms with E-state index in [1.54, 1.807) is 0 Å². The lowest BCUT2D eigenvalue weighted by atomic mass is 10.1. The smallest absolute Gasteiger partial charge is 0.0782 e. The molecule has 19 heavy (non-hydrogen) atoms. The van der Waals surface area contributed by atoms with E-state index in [-0.39, 0.29) is 5.25 Å². The Labute approximate surface area is 118 Å². The van der Waals surface area contributed by atoms with Crippen molar-refractivity contribution in [3.05, 3.63) is 29.8 Å². The third-order valence-electron chi connectivity index (χ3n) is 3.55. The zero-order chi connectivity index (χ0) is 13.7. The summed E-state index contributed by atoms with van der Waals surface area (Å²) >= 11 is 0. The van der Waals surface area contributed by atoms with E-state index in [9.17, 15) is 4.21 Å². The first-order valence-electron chi connectivity index (χ1n) is 7.01. The largest absolute Gasteiger partial charge is 0.380 e. The average Bonchev–Trinajstić information content (AvgIpc) is 2.45. The van der Waals surface area contributed by atoms with E-state index in [0.717, 1.165) is 36.5 Å². The SMILES string of the molecule is CCCNC1CCOCC1S(=O)c1ccccc1C. The monoisotopic (exact) mass is 281 g/mol.